The minimum atomic E-state index is -0.268. The van der Waals surface area contributed by atoms with Gasteiger partial charge in [0.1, 0.15) is 11.4 Å². The lowest BCUT2D eigenvalue weighted by Crippen LogP contribution is -2.19. The molecule has 0 radical (unpaired) electrons. The summed E-state index contributed by atoms with van der Waals surface area (Å²) in [5.41, 5.74) is 2.87. The van der Waals surface area contributed by atoms with Crippen LogP contribution in [-0.4, -0.2) is 31.1 Å². The highest BCUT2D eigenvalue weighted by atomic mass is 35.5. The number of anilines is 2. The van der Waals surface area contributed by atoms with Crippen molar-refractivity contribution in [3.8, 4) is 5.75 Å². The zero-order valence-electron chi connectivity index (χ0n) is 13.8. The van der Waals surface area contributed by atoms with Crippen LogP contribution in [0.15, 0.2) is 30.5 Å². The molecule has 1 saturated heterocycles. The van der Waals surface area contributed by atoms with Crippen LogP contribution in [-0.2, 0) is 0 Å². The Bertz CT molecular complexity index is 758. The van der Waals surface area contributed by atoms with Gasteiger partial charge in [-0.2, -0.15) is 0 Å². The molecule has 2 heterocycles. The second-order valence-electron chi connectivity index (χ2n) is 5.85. The monoisotopic (exact) mass is 345 g/mol. The molecular weight excluding hydrogens is 326 g/mol. The van der Waals surface area contributed by atoms with Crippen LogP contribution in [0.2, 0.25) is 5.02 Å². The average molecular weight is 346 g/mol. The molecule has 1 fully saturated rings. The molecule has 3 rings (SSSR count). The highest BCUT2D eigenvalue weighted by Gasteiger charge is 2.16. The van der Waals surface area contributed by atoms with E-state index in [2.05, 4.69) is 15.2 Å². The van der Waals surface area contributed by atoms with Crippen molar-refractivity contribution in [3.63, 3.8) is 0 Å². The second-order valence-corrected chi connectivity index (χ2v) is 6.26. The molecule has 0 atom stereocenters. The molecule has 1 amide bonds. The third kappa shape index (κ3) is 3.46. The molecule has 0 spiro atoms. The lowest BCUT2D eigenvalue weighted by atomic mass is 10.2. The maximum Gasteiger partial charge on any atom is 0.274 e. The lowest BCUT2D eigenvalue weighted by Gasteiger charge is -2.18. The molecule has 6 heteroatoms. The van der Waals surface area contributed by atoms with Gasteiger partial charge in [0.25, 0.3) is 5.91 Å². The van der Waals surface area contributed by atoms with E-state index in [0.29, 0.717) is 22.2 Å². The van der Waals surface area contributed by atoms with Gasteiger partial charge in [-0.3, -0.25) is 9.78 Å². The van der Waals surface area contributed by atoms with Crippen LogP contribution in [0, 0.1) is 6.92 Å². The van der Waals surface area contributed by atoms with E-state index < -0.39 is 0 Å². The minimum absolute atomic E-state index is 0.268. The molecule has 1 N–H and O–H groups in total. The minimum Gasteiger partial charge on any atom is -0.495 e. The third-order valence-electron chi connectivity index (χ3n) is 4.18. The van der Waals surface area contributed by atoms with Crippen LogP contribution in [0.4, 0.5) is 11.4 Å². The SMILES string of the molecule is COc1cc(Cl)c(C)cc1NC(=O)c1cc(N2CCCC2)ccn1. The topological polar surface area (TPSA) is 54.5 Å². The number of hydrogen-bond donors (Lipinski definition) is 1. The molecular formula is C18H20ClN3O2. The van der Waals surface area contributed by atoms with Crippen molar-refractivity contribution in [2.45, 2.75) is 19.8 Å². The van der Waals surface area contributed by atoms with E-state index in [4.69, 9.17) is 16.3 Å². The quantitative estimate of drug-likeness (QED) is 0.913. The Balaban J connectivity index is 1.82. The first kappa shape index (κ1) is 16.6. The van der Waals surface area contributed by atoms with E-state index in [9.17, 15) is 4.79 Å². The molecule has 2 aromatic rings. The number of amides is 1. The Labute approximate surface area is 146 Å². The van der Waals surface area contributed by atoms with Crippen LogP contribution >= 0.6 is 11.6 Å². The standard InChI is InChI=1S/C18H20ClN3O2/c1-12-9-15(17(24-2)11-14(12)19)21-18(23)16-10-13(5-6-20-16)22-7-3-4-8-22/h5-6,9-11H,3-4,7-8H2,1-2H3,(H,21,23). The van der Waals surface area contributed by atoms with E-state index in [0.717, 1.165) is 24.3 Å². The summed E-state index contributed by atoms with van der Waals surface area (Å²) in [4.78, 5) is 19.0. The number of nitrogens with zero attached hydrogens (tertiary/aromatic N) is 2. The predicted molar refractivity (Wildman–Crippen MR) is 96.4 cm³/mol. The number of benzene rings is 1. The zero-order chi connectivity index (χ0) is 17.1. The Morgan fingerprint density at radius 1 is 1.29 bits per heavy atom. The summed E-state index contributed by atoms with van der Waals surface area (Å²) < 4.78 is 5.30. The molecule has 1 aliphatic rings. The first-order valence-electron chi connectivity index (χ1n) is 7.95. The number of rotatable bonds is 4. The van der Waals surface area contributed by atoms with Crippen LogP contribution in [0.25, 0.3) is 0 Å². The Morgan fingerprint density at radius 3 is 2.75 bits per heavy atom. The van der Waals surface area contributed by atoms with Gasteiger partial charge in [0.2, 0.25) is 0 Å². The fourth-order valence-electron chi connectivity index (χ4n) is 2.83. The van der Waals surface area contributed by atoms with Crippen LogP contribution in [0.3, 0.4) is 0 Å². The smallest absolute Gasteiger partial charge is 0.274 e. The molecule has 24 heavy (non-hydrogen) atoms. The fourth-order valence-corrected chi connectivity index (χ4v) is 2.99. The van der Waals surface area contributed by atoms with E-state index in [1.165, 1.54) is 12.8 Å². The van der Waals surface area contributed by atoms with Crippen molar-refractivity contribution in [3.05, 3.63) is 46.7 Å². The number of pyridine rings is 1. The summed E-state index contributed by atoms with van der Waals surface area (Å²) in [6.45, 7) is 3.92. The van der Waals surface area contributed by atoms with E-state index in [1.54, 1.807) is 25.4 Å². The Kier molecular flexibility index (Phi) is 4.90. The third-order valence-corrected chi connectivity index (χ3v) is 4.58. The number of hydrogen-bond acceptors (Lipinski definition) is 4. The van der Waals surface area contributed by atoms with Crippen molar-refractivity contribution in [1.82, 2.24) is 4.98 Å². The van der Waals surface area contributed by atoms with Crippen LogP contribution < -0.4 is 15.0 Å². The highest BCUT2D eigenvalue weighted by molar-refractivity contribution is 6.31. The number of aryl methyl sites for hydroxylation is 1. The molecule has 1 aliphatic heterocycles. The molecule has 126 valence electrons. The number of aromatic nitrogens is 1. The van der Waals surface area contributed by atoms with Crippen molar-refractivity contribution in [2.75, 3.05) is 30.4 Å². The van der Waals surface area contributed by atoms with E-state index in [-0.39, 0.29) is 5.91 Å². The summed E-state index contributed by atoms with van der Waals surface area (Å²) in [7, 11) is 1.54. The molecule has 0 aliphatic carbocycles. The summed E-state index contributed by atoms with van der Waals surface area (Å²) in [6, 6.07) is 7.26. The number of methoxy groups -OCH3 is 1. The summed E-state index contributed by atoms with van der Waals surface area (Å²) in [5, 5.41) is 3.46. The van der Waals surface area contributed by atoms with Crippen molar-refractivity contribution in [1.29, 1.82) is 0 Å². The fraction of sp³-hybridized carbons (Fsp3) is 0.333. The van der Waals surface area contributed by atoms with E-state index >= 15 is 0 Å². The summed E-state index contributed by atoms with van der Waals surface area (Å²) in [5.74, 6) is 0.255. The largest absolute Gasteiger partial charge is 0.495 e. The molecule has 0 bridgehead atoms. The van der Waals surface area contributed by atoms with Crippen LogP contribution in [0.1, 0.15) is 28.9 Å². The second kappa shape index (κ2) is 7.09. The van der Waals surface area contributed by atoms with Crippen molar-refractivity contribution < 1.29 is 9.53 Å². The van der Waals surface area contributed by atoms with Crippen LogP contribution in [0.5, 0.6) is 5.75 Å². The predicted octanol–water partition coefficient (Wildman–Crippen LogP) is 3.90. The average Bonchev–Trinajstić information content (AvgIpc) is 3.12. The van der Waals surface area contributed by atoms with Gasteiger partial charge in [-0.05, 0) is 43.5 Å². The van der Waals surface area contributed by atoms with Crippen molar-refractivity contribution >= 4 is 28.9 Å². The number of nitrogens with one attached hydrogen (secondary N) is 1. The number of ether oxygens (including phenoxy) is 1. The Morgan fingerprint density at radius 2 is 2.04 bits per heavy atom. The first-order valence-corrected chi connectivity index (χ1v) is 8.33. The van der Waals surface area contributed by atoms with Gasteiger partial charge in [0, 0.05) is 36.1 Å². The van der Waals surface area contributed by atoms with Gasteiger partial charge >= 0.3 is 0 Å². The molecule has 1 aromatic heterocycles. The zero-order valence-corrected chi connectivity index (χ0v) is 14.6. The van der Waals surface area contributed by atoms with Gasteiger partial charge < -0.3 is 15.0 Å². The highest BCUT2D eigenvalue weighted by Crippen LogP contribution is 2.31. The van der Waals surface area contributed by atoms with Gasteiger partial charge in [-0.25, -0.2) is 0 Å². The maximum atomic E-state index is 12.6. The lowest BCUT2D eigenvalue weighted by molar-refractivity contribution is 0.102. The number of halogens is 1. The van der Waals surface area contributed by atoms with Gasteiger partial charge in [-0.1, -0.05) is 11.6 Å². The molecule has 5 nitrogen and oxygen atoms in total. The van der Waals surface area contributed by atoms with Gasteiger partial charge in [0.15, 0.2) is 0 Å². The first-order chi connectivity index (χ1) is 11.6. The van der Waals surface area contributed by atoms with Gasteiger partial charge in [-0.15, -0.1) is 0 Å². The van der Waals surface area contributed by atoms with Crippen molar-refractivity contribution in [2.24, 2.45) is 0 Å². The number of carbonyl (C=O) groups excluding carboxylic acids is 1. The maximum absolute atomic E-state index is 12.6. The van der Waals surface area contributed by atoms with E-state index in [1.807, 2.05) is 19.1 Å². The number of carbonyl (C=O) groups is 1. The summed E-state index contributed by atoms with van der Waals surface area (Å²) in [6.07, 6.45) is 4.04. The molecule has 0 saturated carbocycles. The normalized spacial score (nSPS) is 13.9. The molecule has 0 unspecified atom stereocenters. The van der Waals surface area contributed by atoms with Gasteiger partial charge in [0.05, 0.1) is 12.8 Å². The molecule has 1 aromatic carbocycles. The Hall–Kier alpha value is -2.27. The summed E-state index contributed by atoms with van der Waals surface area (Å²) >= 11 is 6.10.